The fourth-order valence-electron chi connectivity index (χ4n) is 2.18. The summed E-state index contributed by atoms with van der Waals surface area (Å²) >= 11 is 12.0. The highest BCUT2D eigenvalue weighted by molar-refractivity contribution is 6.31. The Bertz CT molecular complexity index is 786. The van der Waals surface area contributed by atoms with E-state index >= 15 is 0 Å². The van der Waals surface area contributed by atoms with Crippen molar-refractivity contribution < 1.29 is 13.9 Å². The molecule has 0 spiro atoms. The van der Waals surface area contributed by atoms with Crippen LogP contribution in [0.4, 0.5) is 4.39 Å². The quantitative estimate of drug-likeness (QED) is 0.779. The molecule has 7 heteroatoms. The molecule has 1 amide bonds. The SMILES string of the molecule is N#CCC(=O)NCCc1cc(Cl)ccc1OCc1c(F)cccc1Cl. The van der Waals surface area contributed by atoms with Crippen molar-refractivity contribution in [2.75, 3.05) is 6.54 Å². The second-order valence-corrected chi connectivity index (χ2v) is 6.02. The monoisotopic (exact) mass is 380 g/mol. The van der Waals surface area contributed by atoms with Crippen molar-refractivity contribution in [2.45, 2.75) is 19.4 Å². The van der Waals surface area contributed by atoms with Crippen LogP contribution in [0.2, 0.25) is 10.0 Å². The molecule has 0 aliphatic heterocycles. The van der Waals surface area contributed by atoms with Gasteiger partial charge >= 0.3 is 0 Å². The first-order valence-corrected chi connectivity index (χ1v) is 8.24. The molecule has 2 aromatic carbocycles. The molecule has 1 N–H and O–H groups in total. The fourth-order valence-corrected chi connectivity index (χ4v) is 2.59. The van der Waals surface area contributed by atoms with Gasteiger partial charge in [0.15, 0.2) is 0 Å². The van der Waals surface area contributed by atoms with Gasteiger partial charge in [0.05, 0.1) is 11.1 Å². The third-order valence-electron chi connectivity index (χ3n) is 3.41. The number of nitriles is 1. The minimum Gasteiger partial charge on any atom is -0.488 e. The predicted molar refractivity (Wildman–Crippen MR) is 94.1 cm³/mol. The lowest BCUT2D eigenvalue weighted by molar-refractivity contribution is -0.120. The van der Waals surface area contributed by atoms with Crippen LogP contribution in [-0.2, 0) is 17.8 Å². The molecule has 130 valence electrons. The maximum Gasteiger partial charge on any atom is 0.234 e. The molecule has 0 atom stereocenters. The van der Waals surface area contributed by atoms with Gasteiger partial charge in [0.2, 0.25) is 5.91 Å². The summed E-state index contributed by atoms with van der Waals surface area (Å²) in [5.74, 6) is -0.254. The van der Waals surface area contributed by atoms with Crippen molar-refractivity contribution >= 4 is 29.1 Å². The molecule has 0 heterocycles. The Balaban J connectivity index is 2.05. The number of nitrogens with one attached hydrogen (secondary N) is 1. The number of ether oxygens (including phenoxy) is 1. The largest absolute Gasteiger partial charge is 0.488 e. The third kappa shape index (κ3) is 5.63. The van der Waals surface area contributed by atoms with Gasteiger partial charge in [0.25, 0.3) is 0 Å². The van der Waals surface area contributed by atoms with E-state index < -0.39 is 5.82 Å². The Hall–Kier alpha value is -2.29. The molecule has 0 bridgehead atoms. The predicted octanol–water partition coefficient (Wildman–Crippen LogP) is 4.28. The summed E-state index contributed by atoms with van der Waals surface area (Å²) in [5.41, 5.74) is 1.03. The number of nitrogens with zero attached hydrogens (tertiary/aromatic N) is 1. The lowest BCUT2D eigenvalue weighted by Crippen LogP contribution is -2.25. The number of carbonyl (C=O) groups excluding carboxylic acids is 1. The van der Waals surface area contributed by atoms with Crippen LogP contribution in [0.3, 0.4) is 0 Å². The number of benzene rings is 2. The third-order valence-corrected chi connectivity index (χ3v) is 4.00. The standard InChI is InChI=1S/C18H15Cl2FN2O2/c19-13-4-5-17(12(10-13)7-9-23-18(24)6-8-22)25-11-14-15(20)2-1-3-16(14)21/h1-5,10H,6-7,9,11H2,(H,23,24). The zero-order valence-corrected chi connectivity index (χ0v) is 14.7. The smallest absolute Gasteiger partial charge is 0.234 e. The van der Waals surface area contributed by atoms with Crippen LogP contribution < -0.4 is 10.1 Å². The van der Waals surface area contributed by atoms with Gasteiger partial charge in [0.1, 0.15) is 24.6 Å². The van der Waals surface area contributed by atoms with Crippen LogP contribution in [0.25, 0.3) is 0 Å². The molecule has 0 fully saturated rings. The van der Waals surface area contributed by atoms with Crippen molar-refractivity contribution in [2.24, 2.45) is 0 Å². The first kappa shape index (κ1) is 19.0. The summed E-state index contributed by atoms with van der Waals surface area (Å²) < 4.78 is 19.5. The van der Waals surface area contributed by atoms with Crippen LogP contribution in [0, 0.1) is 17.1 Å². The first-order valence-electron chi connectivity index (χ1n) is 7.49. The number of rotatable bonds is 7. The van der Waals surface area contributed by atoms with E-state index in [4.69, 9.17) is 33.2 Å². The van der Waals surface area contributed by atoms with Gasteiger partial charge in [-0.15, -0.1) is 0 Å². The number of hydrogen-bond acceptors (Lipinski definition) is 3. The van der Waals surface area contributed by atoms with E-state index in [0.717, 1.165) is 5.56 Å². The van der Waals surface area contributed by atoms with Gasteiger partial charge in [-0.3, -0.25) is 4.79 Å². The van der Waals surface area contributed by atoms with Crippen molar-refractivity contribution in [1.82, 2.24) is 5.32 Å². The molecule has 2 rings (SSSR count). The summed E-state index contributed by atoms with van der Waals surface area (Å²) in [5, 5.41) is 11.9. The van der Waals surface area contributed by atoms with E-state index in [1.54, 1.807) is 30.3 Å². The Labute approximate surface area is 155 Å². The topological polar surface area (TPSA) is 62.1 Å². The molecule has 2 aromatic rings. The summed E-state index contributed by atoms with van der Waals surface area (Å²) in [6.07, 6.45) is 0.267. The Morgan fingerprint density at radius 3 is 2.80 bits per heavy atom. The first-order chi connectivity index (χ1) is 12.0. The molecular formula is C18H15Cl2FN2O2. The molecular weight excluding hydrogens is 366 g/mol. The molecule has 0 saturated heterocycles. The van der Waals surface area contributed by atoms with E-state index in [2.05, 4.69) is 5.32 Å². The second kappa shape index (κ2) is 9.26. The van der Waals surface area contributed by atoms with Crippen LogP contribution in [0.1, 0.15) is 17.5 Å². The van der Waals surface area contributed by atoms with Gasteiger partial charge in [-0.2, -0.15) is 5.26 Å². The van der Waals surface area contributed by atoms with E-state index in [1.165, 1.54) is 12.1 Å². The normalized spacial score (nSPS) is 10.2. The minimum absolute atomic E-state index is 0.0269. The van der Waals surface area contributed by atoms with E-state index in [1.807, 2.05) is 0 Å². The van der Waals surface area contributed by atoms with Gasteiger partial charge in [-0.1, -0.05) is 29.3 Å². The van der Waals surface area contributed by atoms with Crippen molar-refractivity contribution in [3.05, 3.63) is 63.4 Å². The molecule has 0 aromatic heterocycles. The molecule has 0 saturated carbocycles. The molecule has 25 heavy (non-hydrogen) atoms. The van der Waals surface area contributed by atoms with E-state index in [-0.39, 0.29) is 24.5 Å². The highest BCUT2D eigenvalue weighted by Gasteiger charge is 2.11. The summed E-state index contributed by atoms with van der Waals surface area (Å²) in [4.78, 5) is 11.3. The van der Waals surface area contributed by atoms with Gasteiger partial charge in [0, 0.05) is 17.1 Å². The average molecular weight is 381 g/mol. The van der Waals surface area contributed by atoms with Gasteiger partial charge < -0.3 is 10.1 Å². The highest BCUT2D eigenvalue weighted by Crippen LogP contribution is 2.26. The number of hydrogen-bond donors (Lipinski definition) is 1. The van der Waals surface area contributed by atoms with Crippen LogP contribution in [0.5, 0.6) is 5.75 Å². The van der Waals surface area contributed by atoms with Crippen LogP contribution in [-0.4, -0.2) is 12.5 Å². The zero-order valence-electron chi connectivity index (χ0n) is 13.2. The molecule has 0 unspecified atom stereocenters. The van der Waals surface area contributed by atoms with Crippen molar-refractivity contribution in [3.63, 3.8) is 0 Å². The highest BCUT2D eigenvalue weighted by atomic mass is 35.5. The number of amides is 1. The Morgan fingerprint density at radius 2 is 2.08 bits per heavy atom. The van der Waals surface area contributed by atoms with Crippen molar-refractivity contribution in [3.8, 4) is 11.8 Å². The Morgan fingerprint density at radius 1 is 1.28 bits per heavy atom. The van der Waals surface area contributed by atoms with Crippen LogP contribution >= 0.6 is 23.2 Å². The fraction of sp³-hybridized carbons (Fsp3) is 0.222. The number of carbonyl (C=O) groups is 1. The maximum atomic E-state index is 13.8. The van der Waals surface area contributed by atoms with Gasteiger partial charge in [-0.05, 0) is 42.3 Å². The van der Waals surface area contributed by atoms with Gasteiger partial charge in [-0.25, -0.2) is 4.39 Å². The Kier molecular flexibility index (Phi) is 7.05. The van der Waals surface area contributed by atoms with Crippen LogP contribution in [0.15, 0.2) is 36.4 Å². The lowest BCUT2D eigenvalue weighted by Gasteiger charge is -2.13. The second-order valence-electron chi connectivity index (χ2n) is 5.18. The summed E-state index contributed by atoms with van der Waals surface area (Å²) in [7, 11) is 0. The summed E-state index contributed by atoms with van der Waals surface area (Å²) in [6.45, 7) is 0.304. The summed E-state index contributed by atoms with van der Waals surface area (Å²) in [6, 6.07) is 11.3. The number of halogens is 3. The molecule has 0 radical (unpaired) electrons. The van der Waals surface area contributed by atoms with E-state index in [9.17, 15) is 9.18 Å². The molecule has 0 aliphatic rings. The van der Waals surface area contributed by atoms with Crippen molar-refractivity contribution in [1.29, 1.82) is 5.26 Å². The van der Waals surface area contributed by atoms with E-state index in [0.29, 0.717) is 28.8 Å². The lowest BCUT2D eigenvalue weighted by atomic mass is 10.1. The average Bonchev–Trinajstić information content (AvgIpc) is 2.56. The molecule has 4 nitrogen and oxygen atoms in total. The zero-order chi connectivity index (χ0) is 18.2. The maximum absolute atomic E-state index is 13.8. The molecule has 0 aliphatic carbocycles. The minimum atomic E-state index is -0.438.